The molecule has 0 fully saturated rings. The van der Waals surface area contributed by atoms with Crippen LogP contribution in [0.5, 0.6) is 11.5 Å². The van der Waals surface area contributed by atoms with Crippen LogP contribution in [-0.4, -0.2) is 23.5 Å². The number of aliphatic carboxylic acids is 1. The minimum atomic E-state index is -0.943. The van der Waals surface area contributed by atoms with E-state index in [9.17, 15) is 9.59 Å². The van der Waals surface area contributed by atoms with Gasteiger partial charge in [0.1, 0.15) is 17.6 Å². The normalized spacial score (nSPS) is 16.1. The van der Waals surface area contributed by atoms with Crippen LogP contribution in [0.4, 0.5) is 0 Å². The molecule has 0 amide bonds. The third kappa shape index (κ3) is 3.96. The van der Waals surface area contributed by atoms with E-state index in [0.717, 1.165) is 4.47 Å². The Balaban J connectivity index is 1.90. The van der Waals surface area contributed by atoms with Crippen LogP contribution in [0.2, 0.25) is 5.02 Å². The van der Waals surface area contributed by atoms with Gasteiger partial charge in [0.2, 0.25) is 0 Å². The average molecular weight is 426 g/mol. The summed E-state index contributed by atoms with van der Waals surface area (Å²) in [6, 6.07) is 10.4. The third-order valence-electron chi connectivity index (χ3n) is 3.79. The first-order valence-corrected chi connectivity index (χ1v) is 8.75. The molecule has 1 aliphatic rings. The molecular weight excluding hydrogens is 412 g/mol. The van der Waals surface area contributed by atoms with Gasteiger partial charge in [-0.1, -0.05) is 39.7 Å². The van der Waals surface area contributed by atoms with Gasteiger partial charge in [0.05, 0.1) is 30.0 Å². The van der Waals surface area contributed by atoms with Crippen molar-refractivity contribution >= 4 is 39.3 Å². The topological polar surface area (TPSA) is 72.8 Å². The van der Waals surface area contributed by atoms with Crippen LogP contribution >= 0.6 is 27.5 Å². The van der Waals surface area contributed by atoms with E-state index in [4.69, 9.17) is 26.2 Å². The van der Waals surface area contributed by atoms with Crippen molar-refractivity contribution in [2.24, 2.45) is 0 Å². The lowest BCUT2D eigenvalue weighted by molar-refractivity contribution is -0.137. The molecule has 7 heteroatoms. The van der Waals surface area contributed by atoms with Gasteiger partial charge in [0, 0.05) is 10.0 Å². The molecule has 0 saturated heterocycles. The highest BCUT2D eigenvalue weighted by atomic mass is 79.9. The summed E-state index contributed by atoms with van der Waals surface area (Å²) < 4.78 is 12.3. The molecule has 0 radical (unpaired) electrons. The molecule has 1 aliphatic heterocycles. The van der Waals surface area contributed by atoms with Crippen LogP contribution in [0.25, 0.3) is 0 Å². The van der Waals surface area contributed by atoms with E-state index in [1.165, 1.54) is 0 Å². The second kappa shape index (κ2) is 7.45. The van der Waals surface area contributed by atoms with Crippen LogP contribution in [0.15, 0.2) is 40.9 Å². The van der Waals surface area contributed by atoms with Gasteiger partial charge < -0.3 is 14.6 Å². The third-order valence-corrected chi connectivity index (χ3v) is 4.59. The monoisotopic (exact) mass is 424 g/mol. The molecule has 0 saturated carbocycles. The first-order valence-electron chi connectivity index (χ1n) is 7.58. The summed E-state index contributed by atoms with van der Waals surface area (Å²) in [5.74, 6) is -0.164. The van der Waals surface area contributed by atoms with Crippen molar-refractivity contribution < 1.29 is 24.2 Å². The van der Waals surface area contributed by atoms with Gasteiger partial charge in [-0.3, -0.25) is 9.59 Å². The van der Waals surface area contributed by atoms with E-state index in [0.29, 0.717) is 27.6 Å². The number of carbonyl (C=O) groups is 2. The predicted molar refractivity (Wildman–Crippen MR) is 95.7 cm³/mol. The number of Topliss-reactive ketones (excluding diaryl/α,β-unsaturated/α-hetero) is 1. The minimum Gasteiger partial charge on any atom is -0.493 e. The van der Waals surface area contributed by atoms with Gasteiger partial charge in [0.15, 0.2) is 5.78 Å². The fraction of sp³-hybridized carbons (Fsp3) is 0.222. The number of ether oxygens (including phenoxy) is 2. The number of hydrogen-bond donors (Lipinski definition) is 1. The maximum Gasteiger partial charge on any atom is 0.306 e. The number of carbonyl (C=O) groups excluding carboxylic acids is 1. The van der Waals surface area contributed by atoms with Crippen molar-refractivity contribution in [3.63, 3.8) is 0 Å². The fourth-order valence-corrected chi connectivity index (χ4v) is 3.19. The van der Waals surface area contributed by atoms with E-state index in [1.54, 1.807) is 30.3 Å². The number of ketones is 1. The Hall–Kier alpha value is -2.05. The van der Waals surface area contributed by atoms with Crippen LogP contribution in [0, 0.1) is 0 Å². The average Bonchev–Trinajstić information content (AvgIpc) is 2.55. The number of rotatable bonds is 5. The molecule has 1 heterocycles. The molecule has 2 aromatic carbocycles. The Morgan fingerprint density at radius 1 is 1.36 bits per heavy atom. The van der Waals surface area contributed by atoms with E-state index in [2.05, 4.69) is 15.9 Å². The standard InChI is InChI=1S/C18H14BrClO5/c19-10-4-5-12(15(8-10)24-7-6-17(22)23)16-9-14(21)11-2-1-3-13(20)18(11)25-16/h1-5,8,16H,6-7,9H2,(H,22,23)/t16-/m1/s1. The van der Waals surface area contributed by atoms with Crippen molar-refractivity contribution in [1.82, 2.24) is 0 Å². The van der Waals surface area contributed by atoms with Crippen LogP contribution < -0.4 is 9.47 Å². The summed E-state index contributed by atoms with van der Waals surface area (Å²) in [5, 5.41) is 9.14. The molecule has 5 nitrogen and oxygen atoms in total. The predicted octanol–water partition coefficient (Wildman–Crippen LogP) is 4.66. The minimum absolute atomic E-state index is 0.0246. The molecular formula is C18H14BrClO5. The highest BCUT2D eigenvalue weighted by molar-refractivity contribution is 9.10. The molecule has 0 unspecified atom stereocenters. The fourth-order valence-electron chi connectivity index (χ4n) is 2.63. The lowest BCUT2D eigenvalue weighted by Crippen LogP contribution is -2.21. The van der Waals surface area contributed by atoms with Gasteiger partial charge in [-0.05, 0) is 24.3 Å². The van der Waals surface area contributed by atoms with Crippen LogP contribution in [0.3, 0.4) is 0 Å². The second-order valence-electron chi connectivity index (χ2n) is 5.52. The van der Waals surface area contributed by atoms with Crippen molar-refractivity contribution in [3.05, 3.63) is 57.0 Å². The van der Waals surface area contributed by atoms with Crippen LogP contribution in [0.1, 0.15) is 34.9 Å². The van der Waals surface area contributed by atoms with Crippen molar-refractivity contribution in [1.29, 1.82) is 0 Å². The van der Waals surface area contributed by atoms with Crippen molar-refractivity contribution in [2.75, 3.05) is 6.61 Å². The molecule has 130 valence electrons. The summed E-state index contributed by atoms with van der Waals surface area (Å²) in [4.78, 5) is 23.1. The van der Waals surface area contributed by atoms with Gasteiger partial charge in [-0.2, -0.15) is 0 Å². The first-order chi connectivity index (χ1) is 12.0. The van der Waals surface area contributed by atoms with E-state index in [-0.39, 0.29) is 25.2 Å². The quantitative estimate of drug-likeness (QED) is 0.754. The highest BCUT2D eigenvalue weighted by Crippen LogP contribution is 2.42. The van der Waals surface area contributed by atoms with Crippen LogP contribution in [-0.2, 0) is 4.79 Å². The maximum atomic E-state index is 12.4. The lowest BCUT2D eigenvalue weighted by atomic mass is 9.96. The Morgan fingerprint density at radius 2 is 2.16 bits per heavy atom. The highest BCUT2D eigenvalue weighted by Gasteiger charge is 2.31. The molecule has 0 aliphatic carbocycles. The summed E-state index contributed by atoms with van der Waals surface area (Å²) in [6.45, 7) is 0.0246. The van der Waals surface area contributed by atoms with Crippen molar-refractivity contribution in [3.8, 4) is 11.5 Å². The Morgan fingerprint density at radius 3 is 2.92 bits per heavy atom. The summed E-state index contributed by atoms with van der Waals surface area (Å²) in [6.07, 6.45) is -0.511. The number of benzene rings is 2. The number of halogens is 2. The number of carboxylic acid groups (broad SMARTS) is 1. The Labute approximate surface area is 157 Å². The Kier molecular flexibility index (Phi) is 5.30. The van der Waals surface area contributed by atoms with Gasteiger partial charge >= 0.3 is 5.97 Å². The molecule has 0 bridgehead atoms. The zero-order valence-electron chi connectivity index (χ0n) is 13.0. The van der Waals surface area contributed by atoms with Crippen molar-refractivity contribution in [2.45, 2.75) is 18.9 Å². The van der Waals surface area contributed by atoms with E-state index in [1.807, 2.05) is 6.07 Å². The molecule has 25 heavy (non-hydrogen) atoms. The summed E-state index contributed by atoms with van der Waals surface area (Å²) in [7, 11) is 0. The summed E-state index contributed by atoms with van der Waals surface area (Å²) in [5.41, 5.74) is 1.14. The first kappa shape index (κ1) is 17.8. The largest absolute Gasteiger partial charge is 0.493 e. The number of hydrogen-bond acceptors (Lipinski definition) is 4. The summed E-state index contributed by atoms with van der Waals surface area (Å²) >= 11 is 9.53. The Bertz CT molecular complexity index is 836. The number of para-hydroxylation sites is 1. The number of fused-ring (bicyclic) bond motifs is 1. The number of carboxylic acids is 1. The second-order valence-corrected chi connectivity index (χ2v) is 6.85. The molecule has 2 aromatic rings. The van der Waals surface area contributed by atoms with E-state index < -0.39 is 12.1 Å². The maximum absolute atomic E-state index is 12.4. The lowest BCUT2D eigenvalue weighted by Gasteiger charge is -2.27. The SMILES string of the molecule is O=C(O)CCOc1cc(Br)ccc1[C@H]1CC(=O)c2cccc(Cl)c2O1. The van der Waals surface area contributed by atoms with E-state index >= 15 is 0 Å². The van der Waals surface area contributed by atoms with Gasteiger partial charge in [-0.15, -0.1) is 0 Å². The van der Waals surface area contributed by atoms with Gasteiger partial charge in [-0.25, -0.2) is 0 Å². The molecule has 1 atom stereocenters. The smallest absolute Gasteiger partial charge is 0.306 e. The van der Waals surface area contributed by atoms with Gasteiger partial charge in [0.25, 0.3) is 0 Å². The zero-order valence-corrected chi connectivity index (χ0v) is 15.3. The molecule has 1 N–H and O–H groups in total. The zero-order chi connectivity index (χ0) is 18.0. The molecule has 3 rings (SSSR count). The molecule has 0 spiro atoms. The molecule has 0 aromatic heterocycles.